The normalized spacial score (nSPS) is 21.8. The van der Waals surface area contributed by atoms with Crippen LogP contribution in [0.2, 0.25) is 0 Å². The van der Waals surface area contributed by atoms with Gasteiger partial charge in [-0.25, -0.2) is 4.98 Å². The Morgan fingerprint density at radius 2 is 1.80 bits per heavy atom. The smallest absolute Gasteiger partial charge is 0.475 e. The Morgan fingerprint density at radius 3 is 2.25 bits per heavy atom. The molecule has 1 aromatic rings. The lowest BCUT2D eigenvalue weighted by atomic mass is 9.80. The van der Waals surface area contributed by atoms with Gasteiger partial charge in [0.2, 0.25) is 5.88 Å². The Morgan fingerprint density at radius 1 is 1.20 bits per heavy atom. The van der Waals surface area contributed by atoms with E-state index >= 15 is 0 Å². The summed E-state index contributed by atoms with van der Waals surface area (Å²) in [5.41, 5.74) is 0.257. The number of ether oxygens (including phenoxy) is 1. The van der Waals surface area contributed by atoms with E-state index in [4.69, 9.17) is 14.0 Å². The van der Waals surface area contributed by atoms with Crippen LogP contribution < -0.4 is 10.2 Å². The largest absolute Gasteiger partial charge is 0.496 e. The average Bonchev–Trinajstić information content (AvgIpc) is 2.59. The zero-order valence-corrected chi connectivity index (χ0v) is 13.3. The molecule has 0 spiro atoms. The summed E-state index contributed by atoms with van der Waals surface area (Å²) in [6, 6.07) is 3.82. The van der Waals surface area contributed by atoms with Gasteiger partial charge >= 0.3 is 7.12 Å². The lowest BCUT2D eigenvalue weighted by molar-refractivity contribution is 0.00578. The third-order valence-electron chi connectivity index (χ3n) is 4.18. The Hall–Kier alpha value is -1.07. The van der Waals surface area contributed by atoms with Gasteiger partial charge in [-0.3, -0.25) is 0 Å². The number of hydrogen-bond acceptors (Lipinski definition) is 4. The summed E-state index contributed by atoms with van der Waals surface area (Å²) in [7, 11) is -0.370. The minimum Gasteiger partial charge on any atom is -0.475 e. The molecule has 1 aliphatic rings. The molecule has 2 rings (SSSR count). The van der Waals surface area contributed by atoms with E-state index in [0.29, 0.717) is 5.88 Å². The van der Waals surface area contributed by atoms with Gasteiger partial charge < -0.3 is 14.0 Å². The molecule has 0 aliphatic carbocycles. The van der Waals surface area contributed by atoms with E-state index in [9.17, 15) is 0 Å². The maximum atomic E-state index is 5.99. The van der Waals surface area contributed by atoms with Crippen LogP contribution in [0.15, 0.2) is 18.3 Å². The van der Waals surface area contributed by atoms with Crippen LogP contribution in [0.4, 0.5) is 0 Å². The number of nitrogens with zero attached hydrogens (tertiary/aromatic N) is 1. The molecular weight excluding hydrogens is 253 g/mol. The number of hydrogen-bond donors (Lipinski definition) is 0. The highest BCUT2D eigenvalue weighted by atomic mass is 16.7. The Balaban J connectivity index is 2.08. The van der Waals surface area contributed by atoms with Gasteiger partial charge in [-0.05, 0) is 47.1 Å². The van der Waals surface area contributed by atoms with Crippen LogP contribution in [0.25, 0.3) is 0 Å². The quantitative estimate of drug-likeness (QED) is 0.793. The molecule has 2 heterocycles. The minimum absolute atomic E-state index is 0.171. The van der Waals surface area contributed by atoms with Crippen molar-refractivity contribution in [2.45, 2.75) is 65.3 Å². The number of aromatic nitrogens is 1. The minimum atomic E-state index is -0.370. The first-order chi connectivity index (χ1) is 9.25. The molecule has 1 aromatic heterocycles. The van der Waals surface area contributed by atoms with Gasteiger partial charge in [-0.2, -0.15) is 0 Å². The van der Waals surface area contributed by atoms with E-state index < -0.39 is 0 Å². The van der Waals surface area contributed by atoms with Gasteiger partial charge in [0.15, 0.2) is 0 Å². The molecule has 20 heavy (non-hydrogen) atoms. The van der Waals surface area contributed by atoms with E-state index in [-0.39, 0.29) is 24.4 Å². The topological polar surface area (TPSA) is 40.6 Å². The second-order valence-corrected chi connectivity index (χ2v) is 6.35. The standard InChI is InChI=1S/C15H24BNO3/c1-7-11(2)18-13-9-8-12(10-17-13)16-19-14(3,4)15(5,6)20-16/h8-11H,7H2,1-6H3. The molecule has 110 valence electrons. The Labute approximate surface area is 122 Å². The van der Waals surface area contributed by atoms with Crippen molar-refractivity contribution < 1.29 is 14.0 Å². The van der Waals surface area contributed by atoms with Crippen LogP contribution in [0.5, 0.6) is 5.88 Å². The van der Waals surface area contributed by atoms with Gasteiger partial charge in [0, 0.05) is 11.7 Å². The molecule has 0 N–H and O–H groups in total. The van der Waals surface area contributed by atoms with Gasteiger partial charge in [0.05, 0.1) is 17.3 Å². The number of pyridine rings is 1. The fraction of sp³-hybridized carbons (Fsp3) is 0.667. The fourth-order valence-corrected chi connectivity index (χ4v) is 1.87. The molecule has 1 unspecified atom stereocenters. The van der Waals surface area contributed by atoms with Crippen molar-refractivity contribution in [3.8, 4) is 5.88 Å². The highest BCUT2D eigenvalue weighted by Crippen LogP contribution is 2.36. The zero-order chi connectivity index (χ0) is 15.0. The second kappa shape index (κ2) is 5.37. The second-order valence-electron chi connectivity index (χ2n) is 6.35. The third-order valence-corrected chi connectivity index (χ3v) is 4.18. The van der Waals surface area contributed by atoms with Crippen molar-refractivity contribution in [3.05, 3.63) is 18.3 Å². The summed E-state index contributed by atoms with van der Waals surface area (Å²) in [6.07, 6.45) is 2.89. The average molecular weight is 277 g/mol. The highest BCUT2D eigenvalue weighted by molar-refractivity contribution is 6.62. The first kappa shape index (κ1) is 15.3. The summed E-state index contributed by atoms with van der Waals surface area (Å²) in [5, 5.41) is 0. The van der Waals surface area contributed by atoms with Crippen LogP contribution in [-0.2, 0) is 9.31 Å². The summed E-state index contributed by atoms with van der Waals surface area (Å²) >= 11 is 0. The van der Waals surface area contributed by atoms with Crippen LogP contribution >= 0.6 is 0 Å². The van der Waals surface area contributed by atoms with Gasteiger partial charge in [-0.1, -0.05) is 13.0 Å². The number of rotatable bonds is 4. The van der Waals surface area contributed by atoms with Crippen LogP contribution in [0.1, 0.15) is 48.0 Å². The highest BCUT2D eigenvalue weighted by Gasteiger charge is 2.51. The molecule has 1 fully saturated rings. The SMILES string of the molecule is CCC(C)Oc1ccc(B2OC(C)(C)C(C)(C)O2)cn1. The Bertz CT molecular complexity index is 443. The molecule has 0 amide bonds. The molecular formula is C15H24BNO3. The Kier molecular flexibility index (Phi) is 4.12. The van der Waals surface area contributed by atoms with E-state index in [0.717, 1.165) is 11.9 Å². The van der Waals surface area contributed by atoms with Crippen molar-refractivity contribution >= 4 is 12.6 Å². The molecule has 1 atom stereocenters. The fourth-order valence-electron chi connectivity index (χ4n) is 1.87. The predicted octanol–water partition coefficient (Wildman–Crippen LogP) is 2.56. The molecule has 0 saturated carbocycles. The molecule has 0 radical (unpaired) electrons. The summed E-state index contributed by atoms with van der Waals surface area (Å²) < 4.78 is 17.6. The van der Waals surface area contributed by atoms with E-state index in [2.05, 4.69) is 11.9 Å². The summed E-state index contributed by atoms with van der Waals surface area (Å²) in [5.74, 6) is 0.639. The summed E-state index contributed by atoms with van der Waals surface area (Å²) in [6.45, 7) is 12.3. The molecule has 1 aliphatic heterocycles. The molecule has 4 nitrogen and oxygen atoms in total. The predicted molar refractivity (Wildman–Crippen MR) is 80.3 cm³/mol. The monoisotopic (exact) mass is 277 g/mol. The van der Waals surface area contributed by atoms with Crippen molar-refractivity contribution in [2.24, 2.45) is 0 Å². The molecule has 0 aromatic carbocycles. The summed E-state index contributed by atoms with van der Waals surface area (Å²) in [4.78, 5) is 4.32. The van der Waals surface area contributed by atoms with Gasteiger partial charge in [0.1, 0.15) is 0 Å². The van der Waals surface area contributed by atoms with Crippen molar-refractivity contribution in [3.63, 3.8) is 0 Å². The van der Waals surface area contributed by atoms with Crippen LogP contribution in [-0.4, -0.2) is 29.4 Å². The van der Waals surface area contributed by atoms with E-state index in [1.54, 1.807) is 6.20 Å². The maximum absolute atomic E-state index is 5.99. The lowest BCUT2D eigenvalue weighted by Crippen LogP contribution is -2.41. The first-order valence-corrected chi connectivity index (χ1v) is 7.23. The van der Waals surface area contributed by atoms with Crippen molar-refractivity contribution in [2.75, 3.05) is 0 Å². The van der Waals surface area contributed by atoms with E-state index in [1.807, 2.05) is 46.8 Å². The zero-order valence-electron chi connectivity index (χ0n) is 13.3. The van der Waals surface area contributed by atoms with Crippen molar-refractivity contribution in [1.29, 1.82) is 0 Å². The van der Waals surface area contributed by atoms with Gasteiger partial charge in [-0.15, -0.1) is 0 Å². The molecule has 1 saturated heterocycles. The third kappa shape index (κ3) is 2.99. The first-order valence-electron chi connectivity index (χ1n) is 7.23. The van der Waals surface area contributed by atoms with Gasteiger partial charge in [0.25, 0.3) is 0 Å². The van der Waals surface area contributed by atoms with Crippen molar-refractivity contribution in [1.82, 2.24) is 4.98 Å². The van der Waals surface area contributed by atoms with Crippen LogP contribution in [0, 0.1) is 0 Å². The molecule has 0 bridgehead atoms. The lowest BCUT2D eigenvalue weighted by Gasteiger charge is -2.32. The molecule has 5 heteroatoms. The maximum Gasteiger partial charge on any atom is 0.496 e. The van der Waals surface area contributed by atoms with E-state index in [1.165, 1.54) is 0 Å². The van der Waals surface area contributed by atoms with Crippen LogP contribution in [0.3, 0.4) is 0 Å².